The van der Waals surface area contributed by atoms with Gasteiger partial charge in [0.1, 0.15) is 11.6 Å². The van der Waals surface area contributed by atoms with Gasteiger partial charge in [0.25, 0.3) is 0 Å². The van der Waals surface area contributed by atoms with E-state index in [1.54, 1.807) is 11.3 Å². The molecule has 0 N–H and O–H groups in total. The lowest BCUT2D eigenvalue weighted by molar-refractivity contribution is 0.574. The molecular formula is C13H13F2NS. The second kappa shape index (κ2) is 4.92. The number of hydrogen-bond acceptors (Lipinski definition) is 2. The van der Waals surface area contributed by atoms with Crippen molar-refractivity contribution in [2.45, 2.75) is 26.2 Å². The normalized spacial score (nSPS) is 11.1. The van der Waals surface area contributed by atoms with Crippen LogP contribution in [0.2, 0.25) is 0 Å². The van der Waals surface area contributed by atoms with Crippen LogP contribution in [0.1, 0.15) is 36.0 Å². The van der Waals surface area contributed by atoms with Gasteiger partial charge in [-0.2, -0.15) is 0 Å². The predicted octanol–water partition coefficient (Wildman–Crippen LogP) is 4.14. The maximum absolute atomic E-state index is 13.4. The molecular weight excluding hydrogens is 240 g/mol. The van der Waals surface area contributed by atoms with Crippen molar-refractivity contribution in [2.75, 3.05) is 0 Å². The largest absolute Gasteiger partial charge is 0.246 e. The van der Waals surface area contributed by atoms with E-state index in [1.807, 2.05) is 5.38 Å². The number of aromatic nitrogens is 1. The van der Waals surface area contributed by atoms with Gasteiger partial charge in [0, 0.05) is 23.8 Å². The van der Waals surface area contributed by atoms with Gasteiger partial charge in [-0.25, -0.2) is 13.8 Å². The van der Waals surface area contributed by atoms with Crippen LogP contribution in [-0.2, 0) is 6.42 Å². The summed E-state index contributed by atoms with van der Waals surface area (Å²) in [4.78, 5) is 4.43. The molecule has 0 atom stereocenters. The number of halogens is 2. The minimum absolute atomic E-state index is 0.381. The summed E-state index contributed by atoms with van der Waals surface area (Å²) < 4.78 is 26.2. The second-order valence-electron chi connectivity index (χ2n) is 4.24. The molecule has 0 aliphatic heterocycles. The second-order valence-corrected chi connectivity index (χ2v) is 5.13. The topological polar surface area (TPSA) is 12.9 Å². The molecule has 0 unspecified atom stereocenters. The van der Waals surface area contributed by atoms with Crippen molar-refractivity contribution in [2.24, 2.45) is 0 Å². The molecule has 0 radical (unpaired) electrons. The SMILES string of the molecule is CC(C)c1nc(Cc2ccc(F)cc2F)cs1. The third-order valence-electron chi connectivity index (χ3n) is 2.45. The van der Waals surface area contributed by atoms with Crippen molar-refractivity contribution < 1.29 is 8.78 Å². The van der Waals surface area contributed by atoms with E-state index < -0.39 is 11.6 Å². The lowest BCUT2D eigenvalue weighted by Crippen LogP contribution is -1.95. The van der Waals surface area contributed by atoms with Gasteiger partial charge in [-0.3, -0.25) is 0 Å². The highest BCUT2D eigenvalue weighted by Crippen LogP contribution is 2.21. The van der Waals surface area contributed by atoms with Crippen molar-refractivity contribution >= 4 is 11.3 Å². The van der Waals surface area contributed by atoms with Crippen molar-refractivity contribution in [1.29, 1.82) is 0 Å². The first kappa shape index (κ1) is 12.2. The summed E-state index contributed by atoms with van der Waals surface area (Å²) in [5, 5.41) is 2.97. The molecule has 1 nitrogen and oxygen atoms in total. The number of thiazole rings is 1. The fourth-order valence-electron chi connectivity index (χ4n) is 1.53. The maximum Gasteiger partial charge on any atom is 0.129 e. The monoisotopic (exact) mass is 253 g/mol. The quantitative estimate of drug-likeness (QED) is 0.801. The number of rotatable bonds is 3. The smallest absolute Gasteiger partial charge is 0.129 e. The molecule has 1 aromatic carbocycles. The van der Waals surface area contributed by atoms with Crippen molar-refractivity contribution in [3.63, 3.8) is 0 Å². The summed E-state index contributed by atoms with van der Waals surface area (Å²) in [7, 11) is 0. The summed E-state index contributed by atoms with van der Waals surface area (Å²) in [5.41, 5.74) is 1.32. The van der Waals surface area contributed by atoms with Crippen LogP contribution >= 0.6 is 11.3 Å². The van der Waals surface area contributed by atoms with E-state index in [9.17, 15) is 8.78 Å². The van der Waals surface area contributed by atoms with Crippen LogP contribution in [0.5, 0.6) is 0 Å². The van der Waals surface area contributed by atoms with E-state index in [-0.39, 0.29) is 0 Å². The van der Waals surface area contributed by atoms with Crippen LogP contribution in [0, 0.1) is 11.6 Å². The lowest BCUT2D eigenvalue weighted by Gasteiger charge is -2.01. The van der Waals surface area contributed by atoms with E-state index in [2.05, 4.69) is 18.8 Å². The van der Waals surface area contributed by atoms with Crippen LogP contribution < -0.4 is 0 Å². The van der Waals surface area contributed by atoms with E-state index in [1.165, 1.54) is 12.1 Å². The molecule has 17 heavy (non-hydrogen) atoms. The van der Waals surface area contributed by atoms with E-state index in [4.69, 9.17) is 0 Å². The Morgan fingerprint density at radius 1 is 1.29 bits per heavy atom. The van der Waals surface area contributed by atoms with Crippen LogP contribution in [0.3, 0.4) is 0 Å². The van der Waals surface area contributed by atoms with Gasteiger partial charge in [-0.05, 0) is 11.6 Å². The van der Waals surface area contributed by atoms with Gasteiger partial charge in [-0.1, -0.05) is 19.9 Å². The molecule has 0 spiro atoms. The molecule has 0 saturated carbocycles. The van der Waals surface area contributed by atoms with Gasteiger partial charge in [0.2, 0.25) is 0 Å². The molecule has 0 amide bonds. The van der Waals surface area contributed by atoms with Gasteiger partial charge in [0.05, 0.1) is 10.7 Å². The number of nitrogens with zero attached hydrogens (tertiary/aromatic N) is 1. The lowest BCUT2D eigenvalue weighted by atomic mass is 10.1. The minimum Gasteiger partial charge on any atom is -0.246 e. The molecule has 90 valence electrons. The Balaban J connectivity index is 2.19. The molecule has 2 aromatic rings. The average molecular weight is 253 g/mol. The molecule has 0 bridgehead atoms. The van der Waals surface area contributed by atoms with Crippen molar-refractivity contribution in [3.05, 3.63) is 51.5 Å². The Hall–Kier alpha value is -1.29. The fraction of sp³-hybridized carbons (Fsp3) is 0.308. The molecule has 0 fully saturated rings. The fourth-order valence-corrected chi connectivity index (χ4v) is 2.36. The molecule has 2 rings (SSSR count). The predicted molar refractivity (Wildman–Crippen MR) is 65.4 cm³/mol. The molecule has 0 saturated heterocycles. The zero-order valence-corrected chi connectivity index (χ0v) is 10.5. The highest BCUT2D eigenvalue weighted by Gasteiger charge is 2.09. The highest BCUT2D eigenvalue weighted by atomic mass is 32.1. The summed E-state index contributed by atoms with van der Waals surface area (Å²) in [5.74, 6) is -0.677. The van der Waals surface area contributed by atoms with Crippen molar-refractivity contribution in [3.8, 4) is 0 Å². The molecule has 1 aromatic heterocycles. The zero-order chi connectivity index (χ0) is 12.4. The van der Waals surface area contributed by atoms with Gasteiger partial charge >= 0.3 is 0 Å². The molecule has 1 heterocycles. The van der Waals surface area contributed by atoms with Gasteiger partial charge in [-0.15, -0.1) is 11.3 Å². The van der Waals surface area contributed by atoms with Crippen LogP contribution in [-0.4, -0.2) is 4.98 Å². The number of hydrogen-bond donors (Lipinski definition) is 0. The first-order valence-electron chi connectivity index (χ1n) is 5.44. The van der Waals surface area contributed by atoms with Crippen molar-refractivity contribution in [1.82, 2.24) is 4.98 Å². The maximum atomic E-state index is 13.4. The van der Waals surface area contributed by atoms with Gasteiger partial charge in [0.15, 0.2) is 0 Å². The van der Waals surface area contributed by atoms with E-state index in [0.717, 1.165) is 16.8 Å². The third-order valence-corrected chi connectivity index (χ3v) is 3.64. The summed E-state index contributed by atoms with van der Waals surface area (Å²) in [6.07, 6.45) is 0.412. The Labute approximate surface area is 103 Å². The molecule has 0 aliphatic carbocycles. The summed E-state index contributed by atoms with van der Waals surface area (Å²) in [6.45, 7) is 4.14. The Morgan fingerprint density at radius 2 is 2.06 bits per heavy atom. The standard InChI is InChI=1S/C13H13F2NS/c1-8(2)13-16-11(7-17-13)5-9-3-4-10(14)6-12(9)15/h3-4,6-8H,5H2,1-2H3. The van der Waals surface area contributed by atoms with E-state index >= 15 is 0 Å². The average Bonchev–Trinajstić information content (AvgIpc) is 2.71. The molecule has 4 heteroatoms. The van der Waals surface area contributed by atoms with Crippen LogP contribution in [0.15, 0.2) is 23.6 Å². The summed E-state index contributed by atoms with van der Waals surface area (Å²) >= 11 is 1.58. The third kappa shape index (κ3) is 2.88. The first-order valence-corrected chi connectivity index (χ1v) is 6.32. The summed E-state index contributed by atoms with van der Waals surface area (Å²) in [6, 6.07) is 3.65. The highest BCUT2D eigenvalue weighted by molar-refractivity contribution is 7.09. The first-order chi connectivity index (χ1) is 8.06. The Kier molecular flexibility index (Phi) is 3.52. The van der Waals surface area contributed by atoms with Crippen LogP contribution in [0.4, 0.5) is 8.78 Å². The van der Waals surface area contributed by atoms with E-state index in [0.29, 0.717) is 17.9 Å². The molecule has 0 aliphatic rings. The number of benzene rings is 1. The minimum atomic E-state index is -0.549. The van der Waals surface area contributed by atoms with Gasteiger partial charge < -0.3 is 0 Å². The Morgan fingerprint density at radius 3 is 2.65 bits per heavy atom. The Bertz CT molecular complexity index is 520. The van der Waals surface area contributed by atoms with Crippen LogP contribution in [0.25, 0.3) is 0 Å². The zero-order valence-electron chi connectivity index (χ0n) is 9.71.